The van der Waals surface area contributed by atoms with Gasteiger partial charge in [0.05, 0.1) is 21.9 Å². The molecule has 3 aromatic heterocycles. The number of tetrazole rings is 1. The third kappa shape index (κ3) is 3.53. The van der Waals surface area contributed by atoms with Gasteiger partial charge in [-0.05, 0) is 40.9 Å². The first-order valence-corrected chi connectivity index (χ1v) is 10.4. The van der Waals surface area contributed by atoms with Crippen LogP contribution in [0, 0.1) is 0 Å². The summed E-state index contributed by atoms with van der Waals surface area (Å²) in [6, 6.07) is 14.5. The lowest BCUT2D eigenvalue weighted by Crippen LogP contribution is -2.31. The molecule has 0 spiro atoms. The molecule has 0 bridgehead atoms. The maximum Gasteiger partial charge on any atom is 0.267 e. The highest BCUT2D eigenvalue weighted by Crippen LogP contribution is 2.34. The standard InChI is InChI=1S/C20H15ClN6O2S/c21-14-6-2-1-5-13(14)20-22-25-26(24-20)12-19(28)27-16(17-7-3-9-29-17)11-15(23-27)18-8-4-10-30-18/h1-10,16H,11-12H2. The van der Waals surface area contributed by atoms with Crippen LogP contribution in [0.3, 0.4) is 0 Å². The highest BCUT2D eigenvalue weighted by Gasteiger charge is 2.35. The fourth-order valence-corrected chi connectivity index (χ4v) is 4.23. The molecule has 8 nitrogen and oxygen atoms in total. The van der Waals surface area contributed by atoms with Crippen molar-refractivity contribution < 1.29 is 9.21 Å². The fraction of sp³-hybridized carbons (Fsp3) is 0.150. The molecule has 0 saturated carbocycles. The maximum absolute atomic E-state index is 13.1. The Morgan fingerprint density at radius 3 is 2.87 bits per heavy atom. The van der Waals surface area contributed by atoms with Crippen LogP contribution in [0.5, 0.6) is 0 Å². The molecule has 30 heavy (non-hydrogen) atoms. The first-order valence-electron chi connectivity index (χ1n) is 9.18. The van der Waals surface area contributed by atoms with Gasteiger partial charge in [-0.2, -0.15) is 9.90 Å². The van der Waals surface area contributed by atoms with Gasteiger partial charge in [0.15, 0.2) is 0 Å². The Kier molecular flexibility index (Phi) is 4.89. The van der Waals surface area contributed by atoms with E-state index in [0.29, 0.717) is 28.6 Å². The van der Waals surface area contributed by atoms with E-state index in [1.54, 1.807) is 35.8 Å². The van der Waals surface area contributed by atoms with Crippen molar-refractivity contribution in [1.82, 2.24) is 25.2 Å². The summed E-state index contributed by atoms with van der Waals surface area (Å²) in [6.45, 7) is -0.101. The van der Waals surface area contributed by atoms with Crippen LogP contribution in [-0.4, -0.2) is 36.8 Å². The number of carbonyl (C=O) groups excluding carboxylic acids is 1. The number of amides is 1. The van der Waals surface area contributed by atoms with Gasteiger partial charge in [-0.25, -0.2) is 5.01 Å². The molecule has 1 aliphatic heterocycles. The number of rotatable bonds is 5. The van der Waals surface area contributed by atoms with Crippen LogP contribution in [0.4, 0.5) is 0 Å². The fourth-order valence-electron chi connectivity index (χ4n) is 3.29. The number of benzene rings is 1. The van der Waals surface area contributed by atoms with Gasteiger partial charge in [-0.3, -0.25) is 4.79 Å². The van der Waals surface area contributed by atoms with E-state index in [1.165, 1.54) is 9.81 Å². The van der Waals surface area contributed by atoms with Crippen LogP contribution in [0.15, 0.2) is 69.7 Å². The summed E-state index contributed by atoms with van der Waals surface area (Å²) in [5.41, 5.74) is 1.51. The normalized spacial score (nSPS) is 16.1. The van der Waals surface area contributed by atoms with Crippen molar-refractivity contribution in [3.05, 3.63) is 75.8 Å². The van der Waals surface area contributed by atoms with Crippen LogP contribution in [0.1, 0.15) is 23.1 Å². The van der Waals surface area contributed by atoms with Crippen molar-refractivity contribution in [1.29, 1.82) is 0 Å². The minimum absolute atomic E-state index is 0.101. The van der Waals surface area contributed by atoms with Crippen LogP contribution in [-0.2, 0) is 11.3 Å². The highest BCUT2D eigenvalue weighted by molar-refractivity contribution is 7.12. The van der Waals surface area contributed by atoms with Gasteiger partial charge in [0, 0.05) is 12.0 Å². The van der Waals surface area contributed by atoms with E-state index < -0.39 is 0 Å². The van der Waals surface area contributed by atoms with Crippen LogP contribution in [0.25, 0.3) is 11.4 Å². The van der Waals surface area contributed by atoms with Crippen molar-refractivity contribution in [2.24, 2.45) is 5.10 Å². The van der Waals surface area contributed by atoms with Crippen molar-refractivity contribution in [3.8, 4) is 11.4 Å². The molecule has 1 aromatic carbocycles. The van der Waals surface area contributed by atoms with E-state index in [9.17, 15) is 4.79 Å². The molecule has 5 rings (SSSR count). The van der Waals surface area contributed by atoms with Crippen molar-refractivity contribution in [2.75, 3.05) is 0 Å². The Bertz CT molecular complexity index is 1200. The van der Waals surface area contributed by atoms with Gasteiger partial charge >= 0.3 is 0 Å². The second-order valence-corrected chi connectivity index (χ2v) is 7.98. The monoisotopic (exact) mass is 438 g/mol. The summed E-state index contributed by atoms with van der Waals surface area (Å²) in [7, 11) is 0. The predicted octanol–water partition coefficient (Wildman–Crippen LogP) is 4.03. The summed E-state index contributed by atoms with van der Waals surface area (Å²) in [5.74, 6) is 0.785. The molecule has 4 aromatic rings. The molecule has 4 heterocycles. The minimum Gasteiger partial charge on any atom is -0.467 e. The molecule has 1 amide bonds. The summed E-state index contributed by atoms with van der Waals surface area (Å²) in [5, 5.41) is 20.9. The molecule has 10 heteroatoms. The second kappa shape index (κ2) is 7.85. The largest absolute Gasteiger partial charge is 0.467 e. The number of hydrazone groups is 1. The minimum atomic E-state index is -0.309. The van der Waals surface area contributed by atoms with E-state index in [0.717, 1.165) is 10.6 Å². The lowest BCUT2D eigenvalue weighted by Gasteiger charge is -2.19. The summed E-state index contributed by atoms with van der Waals surface area (Å²) >= 11 is 7.79. The zero-order valence-electron chi connectivity index (χ0n) is 15.6. The zero-order chi connectivity index (χ0) is 20.5. The van der Waals surface area contributed by atoms with Gasteiger partial charge in [-0.1, -0.05) is 29.8 Å². The summed E-state index contributed by atoms with van der Waals surface area (Å²) in [6.07, 6.45) is 2.17. The number of halogens is 1. The van der Waals surface area contributed by atoms with Gasteiger partial charge in [-0.15, -0.1) is 21.5 Å². The molecule has 0 N–H and O–H groups in total. The lowest BCUT2D eigenvalue weighted by atomic mass is 10.1. The van der Waals surface area contributed by atoms with Gasteiger partial charge in [0.2, 0.25) is 5.82 Å². The first kappa shape index (κ1) is 18.7. The number of furan rings is 1. The number of carbonyl (C=O) groups is 1. The van der Waals surface area contributed by atoms with Crippen LogP contribution < -0.4 is 0 Å². The Balaban J connectivity index is 1.39. The number of hydrogen-bond donors (Lipinski definition) is 0. The van der Waals surface area contributed by atoms with E-state index in [-0.39, 0.29) is 18.5 Å². The number of nitrogens with zero attached hydrogens (tertiary/aromatic N) is 6. The molecular formula is C20H15ClN6O2S. The van der Waals surface area contributed by atoms with E-state index in [2.05, 4.69) is 20.5 Å². The second-order valence-electron chi connectivity index (χ2n) is 6.62. The average molecular weight is 439 g/mol. The number of aromatic nitrogens is 4. The Labute approximate surface area is 180 Å². The summed E-state index contributed by atoms with van der Waals surface area (Å²) < 4.78 is 5.56. The van der Waals surface area contributed by atoms with Gasteiger partial charge < -0.3 is 4.42 Å². The molecule has 0 aliphatic carbocycles. The molecule has 150 valence electrons. The quantitative estimate of drug-likeness (QED) is 0.469. The smallest absolute Gasteiger partial charge is 0.267 e. The van der Waals surface area contributed by atoms with E-state index in [4.69, 9.17) is 16.0 Å². The summed E-state index contributed by atoms with van der Waals surface area (Å²) in [4.78, 5) is 15.4. The number of thiophene rings is 1. The molecule has 1 unspecified atom stereocenters. The molecular weight excluding hydrogens is 424 g/mol. The third-order valence-electron chi connectivity index (χ3n) is 4.69. The predicted molar refractivity (Wildman–Crippen MR) is 112 cm³/mol. The lowest BCUT2D eigenvalue weighted by molar-refractivity contribution is -0.134. The zero-order valence-corrected chi connectivity index (χ0v) is 17.1. The van der Waals surface area contributed by atoms with Gasteiger partial charge in [0.1, 0.15) is 18.3 Å². The van der Waals surface area contributed by atoms with E-state index in [1.807, 2.05) is 35.7 Å². The van der Waals surface area contributed by atoms with E-state index >= 15 is 0 Å². The van der Waals surface area contributed by atoms with Crippen molar-refractivity contribution >= 4 is 34.6 Å². The maximum atomic E-state index is 13.1. The SMILES string of the molecule is O=C(Cn1nnc(-c2ccccc2Cl)n1)N1N=C(c2cccs2)CC1c1ccco1. The molecule has 0 radical (unpaired) electrons. The van der Waals surface area contributed by atoms with Gasteiger partial charge in [0.25, 0.3) is 5.91 Å². The third-order valence-corrected chi connectivity index (χ3v) is 5.94. The molecule has 1 atom stereocenters. The Morgan fingerprint density at radius 2 is 2.10 bits per heavy atom. The van der Waals surface area contributed by atoms with Crippen molar-refractivity contribution in [2.45, 2.75) is 19.0 Å². The van der Waals surface area contributed by atoms with Crippen LogP contribution >= 0.6 is 22.9 Å². The Hall–Kier alpha value is -3.30. The van der Waals surface area contributed by atoms with Crippen molar-refractivity contribution in [3.63, 3.8) is 0 Å². The topological polar surface area (TPSA) is 89.4 Å². The first-order chi connectivity index (χ1) is 14.7. The Morgan fingerprint density at radius 1 is 1.20 bits per heavy atom. The molecule has 0 fully saturated rings. The average Bonchev–Trinajstić information content (AvgIpc) is 3.54. The molecule has 0 saturated heterocycles. The van der Waals surface area contributed by atoms with Crippen LogP contribution in [0.2, 0.25) is 5.02 Å². The highest BCUT2D eigenvalue weighted by atomic mass is 35.5. The molecule has 1 aliphatic rings. The number of hydrogen-bond acceptors (Lipinski definition) is 7.